The predicted molar refractivity (Wildman–Crippen MR) is 49.2 cm³/mol. The molecule has 0 aliphatic carbocycles. The zero-order chi connectivity index (χ0) is 10.4. The van der Waals surface area contributed by atoms with E-state index in [-0.39, 0.29) is 11.8 Å². The van der Waals surface area contributed by atoms with Crippen molar-refractivity contribution in [3.63, 3.8) is 0 Å². The topological polar surface area (TPSA) is 66.4 Å². The van der Waals surface area contributed by atoms with Gasteiger partial charge in [0, 0.05) is 6.92 Å². The smallest absolute Gasteiger partial charge is 0.326 e. The van der Waals surface area contributed by atoms with Crippen LogP contribution in [0.5, 0.6) is 0 Å². The van der Waals surface area contributed by atoms with Gasteiger partial charge in [0.05, 0.1) is 0 Å². The van der Waals surface area contributed by atoms with Crippen LogP contribution in [0.25, 0.3) is 0 Å². The Labute approximate surface area is 77.6 Å². The number of aliphatic carboxylic acids is 1. The number of carbonyl (C=O) groups excluding carboxylic acids is 1. The zero-order valence-electron chi connectivity index (χ0n) is 7.91. The SMILES string of the molecule is C=CCC(C)C(NC(C)=O)C(=O)O. The van der Waals surface area contributed by atoms with Crippen LogP contribution >= 0.6 is 0 Å². The molecule has 4 nitrogen and oxygen atoms in total. The molecule has 0 aliphatic rings. The Balaban J connectivity index is 4.31. The molecule has 0 rings (SSSR count). The number of hydrogen-bond acceptors (Lipinski definition) is 2. The molecular weight excluding hydrogens is 170 g/mol. The van der Waals surface area contributed by atoms with E-state index in [4.69, 9.17) is 5.11 Å². The third-order valence-electron chi connectivity index (χ3n) is 1.73. The van der Waals surface area contributed by atoms with Crippen LogP contribution in [0.3, 0.4) is 0 Å². The summed E-state index contributed by atoms with van der Waals surface area (Å²) in [6.45, 7) is 6.58. The molecule has 0 fully saturated rings. The third-order valence-corrected chi connectivity index (χ3v) is 1.73. The van der Waals surface area contributed by atoms with Crippen molar-refractivity contribution < 1.29 is 14.7 Å². The number of carboxylic acids is 1. The molecule has 0 saturated carbocycles. The van der Waals surface area contributed by atoms with E-state index >= 15 is 0 Å². The molecule has 0 radical (unpaired) electrons. The predicted octanol–water partition coefficient (Wildman–Crippen LogP) is 0.788. The molecule has 0 aromatic carbocycles. The standard InChI is InChI=1S/C9H15NO3/c1-4-5-6(2)8(9(12)13)10-7(3)11/h4,6,8H,1,5H2,2-3H3,(H,10,11)(H,12,13). The van der Waals surface area contributed by atoms with Crippen molar-refractivity contribution in [2.45, 2.75) is 26.3 Å². The van der Waals surface area contributed by atoms with Crippen molar-refractivity contribution in [3.8, 4) is 0 Å². The normalized spacial score (nSPS) is 14.3. The molecule has 2 N–H and O–H groups in total. The summed E-state index contributed by atoms with van der Waals surface area (Å²) >= 11 is 0. The summed E-state index contributed by atoms with van der Waals surface area (Å²) in [6.07, 6.45) is 2.21. The van der Waals surface area contributed by atoms with Crippen LogP contribution in [0.2, 0.25) is 0 Å². The maximum absolute atomic E-state index is 10.7. The first-order valence-corrected chi connectivity index (χ1v) is 4.09. The number of nitrogens with one attached hydrogen (secondary N) is 1. The van der Waals surface area contributed by atoms with Crippen LogP contribution in [0, 0.1) is 5.92 Å². The molecule has 0 bridgehead atoms. The summed E-state index contributed by atoms with van der Waals surface area (Å²) < 4.78 is 0. The number of allylic oxidation sites excluding steroid dienone is 1. The molecule has 0 aromatic heterocycles. The van der Waals surface area contributed by atoms with Gasteiger partial charge in [-0.25, -0.2) is 4.79 Å². The summed E-state index contributed by atoms with van der Waals surface area (Å²) in [4.78, 5) is 21.4. The van der Waals surface area contributed by atoms with Gasteiger partial charge in [-0.05, 0) is 12.3 Å². The summed E-state index contributed by atoms with van der Waals surface area (Å²) in [7, 11) is 0. The van der Waals surface area contributed by atoms with Crippen molar-refractivity contribution >= 4 is 11.9 Å². The van der Waals surface area contributed by atoms with Crippen LogP contribution < -0.4 is 5.32 Å². The first-order valence-electron chi connectivity index (χ1n) is 4.09. The number of rotatable bonds is 5. The zero-order valence-corrected chi connectivity index (χ0v) is 7.91. The molecule has 0 saturated heterocycles. The van der Waals surface area contributed by atoms with Crippen molar-refractivity contribution in [2.24, 2.45) is 5.92 Å². The van der Waals surface area contributed by atoms with E-state index in [0.717, 1.165) is 0 Å². The van der Waals surface area contributed by atoms with Crippen molar-refractivity contribution in [1.29, 1.82) is 0 Å². The lowest BCUT2D eigenvalue weighted by atomic mass is 9.98. The highest BCUT2D eigenvalue weighted by Gasteiger charge is 2.24. The van der Waals surface area contributed by atoms with Gasteiger partial charge in [0.1, 0.15) is 6.04 Å². The van der Waals surface area contributed by atoms with Gasteiger partial charge in [-0.2, -0.15) is 0 Å². The second-order valence-electron chi connectivity index (χ2n) is 3.02. The summed E-state index contributed by atoms with van der Waals surface area (Å²) in [5.74, 6) is -1.48. The first kappa shape index (κ1) is 11.7. The van der Waals surface area contributed by atoms with Gasteiger partial charge in [0.15, 0.2) is 0 Å². The number of hydrogen-bond donors (Lipinski definition) is 2. The number of carboxylic acid groups (broad SMARTS) is 1. The quantitative estimate of drug-likeness (QED) is 0.622. The molecule has 0 heterocycles. The molecule has 2 unspecified atom stereocenters. The fourth-order valence-electron chi connectivity index (χ4n) is 1.07. The van der Waals surface area contributed by atoms with Crippen molar-refractivity contribution in [3.05, 3.63) is 12.7 Å². The highest BCUT2D eigenvalue weighted by Crippen LogP contribution is 2.08. The van der Waals surface area contributed by atoms with E-state index in [0.29, 0.717) is 6.42 Å². The van der Waals surface area contributed by atoms with E-state index < -0.39 is 12.0 Å². The Morgan fingerprint density at radius 1 is 1.62 bits per heavy atom. The minimum Gasteiger partial charge on any atom is -0.480 e. The Morgan fingerprint density at radius 3 is 2.46 bits per heavy atom. The monoisotopic (exact) mass is 185 g/mol. The van der Waals surface area contributed by atoms with Crippen molar-refractivity contribution in [1.82, 2.24) is 5.32 Å². The van der Waals surface area contributed by atoms with Gasteiger partial charge in [-0.3, -0.25) is 4.79 Å². The second kappa shape index (κ2) is 5.35. The lowest BCUT2D eigenvalue weighted by molar-refractivity contribution is -0.143. The Kier molecular flexibility index (Phi) is 4.80. The van der Waals surface area contributed by atoms with E-state index in [1.807, 2.05) is 0 Å². The Morgan fingerprint density at radius 2 is 2.15 bits per heavy atom. The molecule has 74 valence electrons. The lowest BCUT2D eigenvalue weighted by Gasteiger charge is -2.19. The maximum Gasteiger partial charge on any atom is 0.326 e. The van der Waals surface area contributed by atoms with Gasteiger partial charge >= 0.3 is 5.97 Å². The first-order chi connectivity index (χ1) is 5.99. The highest BCUT2D eigenvalue weighted by molar-refractivity contribution is 5.82. The van der Waals surface area contributed by atoms with Crippen LogP contribution in [-0.4, -0.2) is 23.0 Å². The largest absolute Gasteiger partial charge is 0.480 e. The molecule has 1 amide bonds. The minimum absolute atomic E-state index is 0.140. The molecule has 4 heteroatoms. The summed E-state index contributed by atoms with van der Waals surface area (Å²) in [6, 6.07) is -0.824. The summed E-state index contributed by atoms with van der Waals surface area (Å²) in [5, 5.41) is 11.1. The summed E-state index contributed by atoms with van der Waals surface area (Å²) in [5.41, 5.74) is 0. The molecule has 2 atom stereocenters. The highest BCUT2D eigenvalue weighted by atomic mass is 16.4. The number of amides is 1. The fourth-order valence-corrected chi connectivity index (χ4v) is 1.07. The molecule has 13 heavy (non-hydrogen) atoms. The molecule has 0 aromatic rings. The second-order valence-corrected chi connectivity index (χ2v) is 3.02. The fraction of sp³-hybridized carbons (Fsp3) is 0.556. The van der Waals surface area contributed by atoms with Crippen molar-refractivity contribution in [2.75, 3.05) is 0 Å². The average molecular weight is 185 g/mol. The van der Waals surface area contributed by atoms with Crippen LogP contribution in [0.15, 0.2) is 12.7 Å². The van der Waals surface area contributed by atoms with Gasteiger partial charge < -0.3 is 10.4 Å². The van der Waals surface area contributed by atoms with Gasteiger partial charge in [0.25, 0.3) is 0 Å². The Bertz CT molecular complexity index is 213. The van der Waals surface area contributed by atoms with Crippen LogP contribution in [0.4, 0.5) is 0 Å². The van der Waals surface area contributed by atoms with Gasteiger partial charge in [-0.15, -0.1) is 6.58 Å². The minimum atomic E-state index is -1.01. The van der Waals surface area contributed by atoms with Gasteiger partial charge in [-0.1, -0.05) is 13.0 Å². The lowest BCUT2D eigenvalue weighted by Crippen LogP contribution is -2.44. The Hall–Kier alpha value is -1.32. The molecule has 0 spiro atoms. The molecule has 0 aliphatic heterocycles. The van der Waals surface area contributed by atoms with E-state index in [1.54, 1.807) is 13.0 Å². The van der Waals surface area contributed by atoms with E-state index in [1.165, 1.54) is 6.92 Å². The maximum atomic E-state index is 10.7. The number of carbonyl (C=O) groups is 2. The molecular formula is C9H15NO3. The van der Waals surface area contributed by atoms with Gasteiger partial charge in [0.2, 0.25) is 5.91 Å². The van der Waals surface area contributed by atoms with E-state index in [2.05, 4.69) is 11.9 Å². The average Bonchev–Trinajstić information content (AvgIpc) is 1.99. The van der Waals surface area contributed by atoms with E-state index in [9.17, 15) is 9.59 Å². The van der Waals surface area contributed by atoms with Crippen LogP contribution in [0.1, 0.15) is 20.3 Å². The van der Waals surface area contributed by atoms with Crippen LogP contribution in [-0.2, 0) is 9.59 Å². The third kappa shape index (κ3) is 4.30.